The third-order valence-electron chi connectivity index (χ3n) is 2.94. The van der Waals surface area contributed by atoms with Gasteiger partial charge in [0.1, 0.15) is 5.75 Å². The third-order valence-corrected chi connectivity index (χ3v) is 4.42. The Hall–Kier alpha value is -0.670. The highest BCUT2D eigenvalue weighted by atomic mass is 32.2. The highest BCUT2D eigenvalue weighted by molar-refractivity contribution is 8.00. The Morgan fingerprint density at radius 1 is 1.44 bits per heavy atom. The lowest BCUT2D eigenvalue weighted by Gasteiger charge is -2.18. The molecular formula is C13H19NOS. The Morgan fingerprint density at radius 2 is 2.19 bits per heavy atom. The lowest BCUT2D eigenvalue weighted by molar-refractivity contribution is 0.340. The maximum atomic E-state index is 6.26. The van der Waals surface area contributed by atoms with Crippen LogP contribution >= 0.6 is 11.8 Å². The van der Waals surface area contributed by atoms with Crippen molar-refractivity contribution in [2.75, 3.05) is 12.4 Å². The summed E-state index contributed by atoms with van der Waals surface area (Å²) in [7, 11) is 0. The average molecular weight is 237 g/mol. The summed E-state index contributed by atoms with van der Waals surface area (Å²) < 4.78 is 5.42. The van der Waals surface area contributed by atoms with Gasteiger partial charge in [0.25, 0.3) is 0 Å². The van der Waals surface area contributed by atoms with Crippen molar-refractivity contribution in [2.24, 2.45) is 5.73 Å². The molecule has 2 N–H and O–H groups in total. The first kappa shape index (κ1) is 11.8. The molecule has 2 atom stereocenters. The van der Waals surface area contributed by atoms with Crippen molar-refractivity contribution in [2.45, 2.75) is 31.1 Å². The van der Waals surface area contributed by atoms with E-state index in [2.05, 4.69) is 12.1 Å². The Morgan fingerprint density at radius 3 is 2.75 bits per heavy atom. The zero-order valence-electron chi connectivity index (χ0n) is 9.69. The molecule has 0 radical (unpaired) electrons. The average Bonchev–Trinajstić information content (AvgIpc) is 2.83. The zero-order valence-corrected chi connectivity index (χ0v) is 10.5. The third kappa shape index (κ3) is 2.71. The van der Waals surface area contributed by atoms with E-state index in [1.165, 1.54) is 24.2 Å². The van der Waals surface area contributed by atoms with Crippen LogP contribution in [0.25, 0.3) is 0 Å². The van der Waals surface area contributed by atoms with Crippen molar-refractivity contribution >= 4 is 11.8 Å². The summed E-state index contributed by atoms with van der Waals surface area (Å²) in [4.78, 5) is 0. The van der Waals surface area contributed by atoms with E-state index < -0.39 is 0 Å². The summed E-state index contributed by atoms with van der Waals surface area (Å²) in [5, 5.41) is 0.595. The van der Waals surface area contributed by atoms with Crippen LogP contribution in [0.5, 0.6) is 5.75 Å². The van der Waals surface area contributed by atoms with Gasteiger partial charge in [0.15, 0.2) is 0 Å². The van der Waals surface area contributed by atoms with Crippen LogP contribution in [-0.2, 0) is 0 Å². The zero-order chi connectivity index (χ0) is 11.4. The van der Waals surface area contributed by atoms with Crippen molar-refractivity contribution < 1.29 is 4.74 Å². The monoisotopic (exact) mass is 237 g/mol. The maximum absolute atomic E-state index is 6.26. The number of nitrogens with two attached hydrogens (primary N) is 1. The Labute approximate surface area is 102 Å². The van der Waals surface area contributed by atoms with Gasteiger partial charge in [-0.3, -0.25) is 0 Å². The van der Waals surface area contributed by atoms with Crippen molar-refractivity contribution in [3.63, 3.8) is 0 Å². The fourth-order valence-corrected chi connectivity index (χ4v) is 3.39. The lowest BCUT2D eigenvalue weighted by atomic mass is 10.0. The first-order valence-corrected chi connectivity index (χ1v) is 6.96. The molecule has 2 unspecified atom stereocenters. The number of thioether (sulfide) groups is 1. The molecule has 1 aliphatic rings. The van der Waals surface area contributed by atoms with E-state index in [9.17, 15) is 0 Å². The minimum Gasteiger partial charge on any atom is -0.494 e. The highest BCUT2D eigenvalue weighted by Gasteiger charge is 2.23. The molecule has 0 aliphatic carbocycles. The number of ether oxygens (including phenoxy) is 1. The Bertz CT molecular complexity index is 319. The summed E-state index contributed by atoms with van der Waals surface area (Å²) in [6, 6.07) is 8.38. The van der Waals surface area contributed by atoms with Crippen LogP contribution in [0.4, 0.5) is 0 Å². The molecular weight excluding hydrogens is 218 g/mol. The van der Waals surface area contributed by atoms with Gasteiger partial charge < -0.3 is 10.5 Å². The molecule has 3 heteroatoms. The van der Waals surface area contributed by atoms with Crippen LogP contribution in [0, 0.1) is 0 Å². The SMILES string of the molecule is CCOc1ccc(C(N)C2CCCS2)cc1. The maximum Gasteiger partial charge on any atom is 0.119 e. The summed E-state index contributed by atoms with van der Waals surface area (Å²) in [5.41, 5.74) is 7.49. The van der Waals surface area contributed by atoms with Crippen LogP contribution in [0.1, 0.15) is 31.4 Å². The summed E-state index contributed by atoms with van der Waals surface area (Å²) in [6.45, 7) is 2.71. The molecule has 0 saturated carbocycles. The molecule has 0 aromatic heterocycles. The second-order valence-electron chi connectivity index (χ2n) is 4.08. The molecule has 1 aromatic carbocycles. The lowest BCUT2D eigenvalue weighted by Crippen LogP contribution is -2.21. The van der Waals surface area contributed by atoms with E-state index in [0.29, 0.717) is 11.9 Å². The largest absolute Gasteiger partial charge is 0.494 e. The van der Waals surface area contributed by atoms with Gasteiger partial charge in [-0.25, -0.2) is 0 Å². The standard InChI is InChI=1S/C13H19NOS/c1-2-15-11-7-5-10(6-8-11)13(14)12-4-3-9-16-12/h5-8,12-13H,2-4,9,14H2,1H3. The van der Waals surface area contributed by atoms with E-state index in [4.69, 9.17) is 10.5 Å². The van der Waals surface area contributed by atoms with E-state index in [1.54, 1.807) is 0 Å². The van der Waals surface area contributed by atoms with Gasteiger partial charge in [0.2, 0.25) is 0 Å². The van der Waals surface area contributed by atoms with Gasteiger partial charge in [-0.2, -0.15) is 11.8 Å². The topological polar surface area (TPSA) is 35.2 Å². The van der Waals surface area contributed by atoms with Crippen LogP contribution in [-0.4, -0.2) is 17.6 Å². The van der Waals surface area contributed by atoms with Crippen LogP contribution in [0.2, 0.25) is 0 Å². The van der Waals surface area contributed by atoms with Gasteiger partial charge in [-0.15, -0.1) is 0 Å². The summed E-state index contributed by atoms with van der Waals surface area (Å²) >= 11 is 2.00. The minimum atomic E-state index is 0.170. The Balaban J connectivity index is 2.02. The number of benzene rings is 1. The van der Waals surface area contributed by atoms with Gasteiger partial charge >= 0.3 is 0 Å². The second-order valence-corrected chi connectivity index (χ2v) is 5.43. The van der Waals surface area contributed by atoms with Crippen molar-refractivity contribution in [1.82, 2.24) is 0 Å². The molecule has 16 heavy (non-hydrogen) atoms. The van der Waals surface area contributed by atoms with Crippen LogP contribution in [0.3, 0.4) is 0 Å². The first-order valence-electron chi connectivity index (χ1n) is 5.91. The highest BCUT2D eigenvalue weighted by Crippen LogP contribution is 2.34. The van der Waals surface area contributed by atoms with Gasteiger partial charge in [-0.05, 0) is 43.2 Å². The molecule has 2 nitrogen and oxygen atoms in total. The first-order chi connectivity index (χ1) is 7.81. The number of hydrogen-bond acceptors (Lipinski definition) is 3. The number of hydrogen-bond donors (Lipinski definition) is 1. The van der Waals surface area contributed by atoms with E-state index in [0.717, 1.165) is 5.75 Å². The predicted octanol–water partition coefficient (Wildman–Crippen LogP) is 2.98. The van der Waals surface area contributed by atoms with Crippen LogP contribution < -0.4 is 10.5 Å². The van der Waals surface area contributed by atoms with Gasteiger partial charge in [0, 0.05) is 11.3 Å². The van der Waals surface area contributed by atoms with E-state index in [1.807, 2.05) is 30.8 Å². The quantitative estimate of drug-likeness (QED) is 0.874. The van der Waals surface area contributed by atoms with E-state index in [-0.39, 0.29) is 6.04 Å². The molecule has 1 saturated heterocycles. The molecule has 1 fully saturated rings. The van der Waals surface area contributed by atoms with Gasteiger partial charge in [-0.1, -0.05) is 12.1 Å². The molecule has 1 aromatic rings. The van der Waals surface area contributed by atoms with E-state index >= 15 is 0 Å². The summed E-state index contributed by atoms with van der Waals surface area (Å²) in [5.74, 6) is 2.19. The molecule has 0 spiro atoms. The van der Waals surface area contributed by atoms with Crippen LogP contribution in [0.15, 0.2) is 24.3 Å². The molecule has 0 bridgehead atoms. The normalized spacial score (nSPS) is 22.0. The molecule has 1 heterocycles. The second kappa shape index (κ2) is 5.60. The smallest absolute Gasteiger partial charge is 0.119 e. The molecule has 2 rings (SSSR count). The van der Waals surface area contributed by atoms with Crippen molar-refractivity contribution in [3.05, 3.63) is 29.8 Å². The minimum absolute atomic E-state index is 0.170. The fourth-order valence-electron chi connectivity index (χ4n) is 2.05. The van der Waals surface area contributed by atoms with Gasteiger partial charge in [0.05, 0.1) is 6.61 Å². The Kier molecular flexibility index (Phi) is 4.13. The van der Waals surface area contributed by atoms with Crippen molar-refractivity contribution in [1.29, 1.82) is 0 Å². The molecule has 88 valence electrons. The van der Waals surface area contributed by atoms with Crippen molar-refractivity contribution in [3.8, 4) is 5.75 Å². The fraction of sp³-hybridized carbons (Fsp3) is 0.538. The number of rotatable bonds is 4. The molecule has 0 amide bonds. The summed E-state index contributed by atoms with van der Waals surface area (Å²) in [6.07, 6.45) is 2.55. The predicted molar refractivity (Wildman–Crippen MR) is 70.0 cm³/mol. The molecule has 1 aliphatic heterocycles.